The zero-order valence-corrected chi connectivity index (χ0v) is 6.05. The fraction of sp³-hybridized carbons (Fsp3) is 0.167. The highest BCUT2D eigenvalue weighted by atomic mass is 35.5. The fourth-order valence-electron chi connectivity index (χ4n) is 0.541. The van der Waals surface area contributed by atoms with Crippen molar-refractivity contribution in [1.29, 1.82) is 0 Å². The molecule has 0 aliphatic heterocycles. The second kappa shape index (κ2) is 3.48. The summed E-state index contributed by atoms with van der Waals surface area (Å²) >= 11 is 5.46. The van der Waals surface area contributed by atoms with Gasteiger partial charge in [0.2, 0.25) is 5.88 Å². The topological polar surface area (TPSA) is 22.1 Å². The third kappa shape index (κ3) is 2.67. The summed E-state index contributed by atoms with van der Waals surface area (Å²) in [4.78, 5) is 3.49. The summed E-state index contributed by atoms with van der Waals surface area (Å²) in [6.45, 7) is -2.86. The summed E-state index contributed by atoms with van der Waals surface area (Å²) in [7, 11) is 0. The Balaban J connectivity index is 2.71. The Morgan fingerprint density at radius 3 is 2.82 bits per heavy atom. The van der Waals surface area contributed by atoms with Gasteiger partial charge in [0.05, 0.1) is 0 Å². The van der Waals surface area contributed by atoms with E-state index in [-0.39, 0.29) is 5.88 Å². The molecule has 0 N–H and O–H groups in total. The van der Waals surface area contributed by atoms with Crippen molar-refractivity contribution >= 4 is 11.6 Å². The maximum absolute atomic E-state index is 11.5. The maximum Gasteiger partial charge on any atom is 0.388 e. The molecule has 2 nitrogen and oxygen atoms in total. The maximum atomic E-state index is 11.5. The van der Waals surface area contributed by atoms with Crippen LogP contribution in [-0.2, 0) is 0 Å². The molecule has 1 heterocycles. The van der Waals surface area contributed by atoms with E-state index in [0.29, 0.717) is 5.02 Å². The van der Waals surface area contributed by atoms with Crippen molar-refractivity contribution in [2.24, 2.45) is 0 Å². The summed E-state index contributed by atoms with van der Waals surface area (Å²) in [6, 6.07) is 2.69. The third-order valence-corrected chi connectivity index (χ3v) is 1.14. The molecular weight excluding hydrogens is 176 g/mol. The van der Waals surface area contributed by atoms with Crippen molar-refractivity contribution < 1.29 is 13.5 Å². The lowest BCUT2D eigenvalue weighted by molar-refractivity contribution is -0.0528. The van der Waals surface area contributed by atoms with Crippen molar-refractivity contribution in [1.82, 2.24) is 4.98 Å². The van der Waals surface area contributed by atoms with Crippen molar-refractivity contribution in [2.45, 2.75) is 6.61 Å². The van der Waals surface area contributed by atoms with Crippen molar-refractivity contribution in [2.75, 3.05) is 0 Å². The molecular formula is C6H4ClF2NO. The smallest absolute Gasteiger partial charge is 0.388 e. The van der Waals surface area contributed by atoms with Crippen LogP contribution in [0.25, 0.3) is 0 Å². The molecule has 60 valence electrons. The molecule has 0 fully saturated rings. The lowest BCUT2D eigenvalue weighted by Crippen LogP contribution is -2.02. The van der Waals surface area contributed by atoms with Gasteiger partial charge in [-0.2, -0.15) is 8.78 Å². The van der Waals surface area contributed by atoms with E-state index in [2.05, 4.69) is 9.72 Å². The van der Waals surface area contributed by atoms with Crippen molar-refractivity contribution in [3.8, 4) is 5.88 Å². The molecule has 0 amide bonds. The van der Waals surface area contributed by atoms with Crippen molar-refractivity contribution in [3.63, 3.8) is 0 Å². The average molecular weight is 180 g/mol. The summed E-state index contributed by atoms with van der Waals surface area (Å²) < 4.78 is 27.1. The van der Waals surface area contributed by atoms with E-state index in [0.717, 1.165) is 0 Å². The highest BCUT2D eigenvalue weighted by molar-refractivity contribution is 6.30. The Bertz CT molecular complexity index is 244. The van der Waals surface area contributed by atoms with Crippen LogP contribution in [0.2, 0.25) is 5.02 Å². The Morgan fingerprint density at radius 2 is 2.27 bits per heavy atom. The Labute approximate surface area is 66.8 Å². The molecule has 0 saturated heterocycles. The summed E-state index contributed by atoms with van der Waals surface area (Å²) in [5.41, 5.74) is 0. The summed E-state index contributed by atoms with van der Waals surface area (Å²) in [6.07, 6.45) is 1.29. The van der Waals surface area contributed by atoms with Gasteiger partial charge in [0, 0.05) is 17.3 Å². The normalized spacial score (nSPS) is 10.2. The standard InChI is InChI=1S/C6H4ClF2NO/c7-4-1-2-10-5(3-4)11-6(8)9/h1-3,6H. The molecule has 0 unspecified atom stereocenters. The van der Waals surface area contributed by atoms with Crippen LogP contribution in [0.3, 0.4) is 0 Å². The third-order valence-electron chi connectivity index (χ3n) is 0.907. The van der Waals surface area contributed by atoms with Gasteiger partial charge in [-0.1, -0.05) is 11.6 Å². The zero-order valence-electron chi connectivity index (χ0n) is 5.30. The molecule has 0 saturated carbocycles. The molecule has 5 heteroatoms. The highest BCUT2D eigenvalue weighted by Gasteiger charge is 2.04. The first-order valence-corrected chi connectivity index (χ1v) is 3.12. The van der Waals surface area contributed by atoms with E-state index in [1.54, 1.807) is 0 Å². The molecule has 0 spiro atoms. The minimum atomic E-state index is -2.86. The van der Waals surface area contributed by atoms with Crippen LogP contribution >= 0.6 is 11.6 Å². The number of nitrogens with zero attached hydrogens (tertiary/aromatic N) is 1. The SMILES string of the molecule is FC(F)Oc1cc(Cl)ccn1. The minimum absolute atomic E-state index is 0.174. The molecule has 1 rings (SSSR count). The number of aromatic nitrogens is 1. The largest absolute Gasteiger partial charge is 0.417 e. The highest BCUT2D eigenvalue weighted by Crippen LogP contribution is 2.15. The Morgan fingerprint density at radius 1 is 1.55 bits per heavy atom. The number of halogens is 3. The average Bonchev–Trinajstić information content (AvgIpc) is 1.85. The lowest BCUT2D eigenvalue weighted by atomic mass is 10.5. The van der Waals surface area contributed by atoms with Gasteiger partial charge in [-0.25, -0.2) is 4.98 Å². The lowest BCUT2D eigenvalue weighted by Gasteiger charge is -2.01. The van der Waals surface area contributed by atoms with E-state index in [4.69, 9.17) is 11.6 Å². The number of ether oxygens (including phenoxy) is 1. The van der Waals surface area contributed by atoms with Gasteiger partial charge >= 0.3 is 6.61 Å². The zero-order chi connectivity index (χ0) is 8.27. The molecule has 0 bridgehead atoms. The number of hydrogen-bond donors (Lipinski definition) is 0. The van der Waals surface area contributed by atoms with Gasteiger partial charge in [-0.3, -0.25) is 0 Å². The van der Waals surface area contributed by atoms with Gasteiger partial charge in [-0.15, -0.1) is 0 Å². The molecule has 1 aromatic rings. The van der Waals surface area contributed by atoms with Crippen LogP contribution in [0, 0.1) is 0 Å². The number of rotatable bonds is 2. The van der Waals surface area contributed by atoms with Crippen LogP contribution in [0.15, 0.2) is 18.3 Å². The first-order chi connectivity index (χ1) is 5.18. The molecule has 0 radical (unpaired) electrons. The van der Waals surface area contributed by atoms with Crippen LogP contribution in [-0.4, -0.2) is 11.6 Å². The molecule has 0 atom stereocenters. The Kier molecular flexibility index (Phi) is 2.59. The molecule has 0 aliphatic rings. The number of alkyl halides is 2. The van der Waals surface area contributed by atoms with Crippen LogP contribution in [0.4, 0.5) is 8.78 Å². The van der Waals surface area contributed by atoms with Crippen molar-refractivity contribution in [3.05, 3.63) is 23.4 Å². The predicted molar refractivity (Wildman–Crippen MR) is 35.9 cm³/mol. The fourth-order valence-corrected chi connectivity index (χ4v) is 0.691. The molecule has 11 heavy (non-hydrogen) atoms. The second-order valence-corrected chi connectivity index (χ2v) is 2.13. The van der Waals surface area contributed by atoms with Crippen LogP contribution in [0.5, 0.6) is 5.88 Å². The first-order valence-electron chi connectivity index (χ1n) is 2.75. The van der Waals surface area contributed by atoms with Gasteiger partial charge in [0.25, 0.3) is 0 Å². The molecule has 0 aliphatic carbocycles. The van der Waals surface area contributed by atoms with E-state index >= 15 is 0 Å². The van der Waals surface area contributed by atoms with Gasteiger partial charge in [0.1, 0.15) is 0 Å². The van der Waals surface area contributed by atoms with Gasteiger partial charge in [-0.05, 0) is 6.07 Å². The summed E-state index contributed by atoms with van der Waals surface area (Å²) in [5.74, 6) is -0.174. The van der Waals surface area contributed by atoms with Gasteiger partial charge in [0.15, 0.2) is 0 Å². The minimum Gasteiger partial charge on any atom is -0.417 e. The quantitative estimate of drug-likeness (QED) is 0.695. The second-order valence-electron chi connectivity index (χ2n) is 1.69. The molecule has 1 aromatic heterocycles. The monoisotopic (exact) mass is 179 g/mol. The number of pyridine rings is 1. The first kappa shape index (κ1) is 8.20. The van der Waals surface area contributed by atoms with E-state index in [9.17, 15) is 8.78 Å². The predicted octanol–water partition coefficient (Wildman–Crippen LogP) is 2.34. The summed E-state index contributed by atoms with van der Waals surface area (Å²) in [5, 5.41) is 0.315. The van der Waals surface area contributed by atoms with Crippen LogP contribution in [0.1, 0.15) is 0 Å². The van der Waals surface area contributed by atoms with Crippen LogP contribution < -0.4 is 4.74 Å². The van der Waals surface area contributed by atoms with E-state index in [1.165, 1.54) is 18.3 Å². The van der Waals surface area contributed by atoms with E-state index in [1.807, 2.05) is 0 Å². The molecule has 0 aromatic carbocycles. The number of hydrogen-bond acceptors (Lipinski definition) is 2. The van der Waals surface area contributed by atoms with E-state index < -0.39 is 6.61 Å². The Hall–Kier alpha value is -0.900. The van der Waals surface area contributed by atoms with Gasteiger partial charge < -0.3 is 4.74 Å².